The van der Waals surface area contributed by atoms with Crippen LogP contribution in [0.5, 0.6) is 5.75 Å². The number of hydrogen-bond donors (Lipinski definition) is 1. The summed E-state index contributed by atoms with van der Waals surface area (Å²) in [6, 6.07) is 7.89. The van der Waals surface area contributed by atoms with E-state index in [1.54, 1.807) is 0 Å². The monoisotopic (exact) mass is 281 g/mol. The predicted molar refractivity (Wildman–Crippen MR) is 83.0 cm³/mol. The highest BCUT2D eigenvalue weighted by molar-refractivity contribution is 6.74. The van der Waals surface area contributed by atoms with Gasteiger partial charge in [0.25, 0.3) is 0 Å². The maximum absolute atomic E-state index is 6.06. The van der Waals surface area contributed by atoms with Gasteiger partial charge in [-0.25, -0.2) is 0 Å². The standard InChI is InChI=1S/C15H27NO2Si/c1-15(2,3)19(4,5)18-10-9-17-14-8-6-7-13(11-14)12-16/h6-8,11H,9-10,12,16H2,1-5H3. The molecular formula is C15H27NO2Si. The van der Waals surface area contributed by atoms with Crippen molar-refractivity contribution in [3.63, 3.8) is 0 Å². The van der Waals surface area contributed by atoms with Gasteiger partial charge in [-0.05, 0) is 35.8 Å². The second-order valence-electron chi connectivity index (χ2n) is 6.31. The third-order valence-corrected chi connectivity index (χ3v) is 8.29. The molecule has 0 radical (unpaired) electrons. The molecule has 108 valence electrons. The van der Waals surface area contributed by atoms with Crippen molar-refractivity contribution in [2.24, 2.45) is 5.73 Å². The number of ether oxygens (including phenoxy) is 1. The predicted octanol–water partition coefficient (Wildman–Crippen LogP) is 3.55. The number of benzene rings is 1. The largest absolute Gasteiger partial charge is 0.491 e. The molecule has 0 saturated carbocycles. The average molecular weight is 281 g/mol. The summed E-state index contributed by atoms with van der Waals surface area (Å²) in [5.41, 5.74) is 6.69. The Bertz CT molecular complexity index is 399. The summed E-state index contributed by atoms with van der Waals surface area (Å²) < 4.78 is 11.8. The van der Waals surface area contributed by atoms with Gasteiger partial charge in [0.15, 0.2) is 8.32 Å². The topological polar surface area (TPSA) is 44.5 Å². The van der Waals surface area contributed by atoms with Crippen LogP contribution in [0.2, 0.25) is 18.1 Å². The number of hydrogen-bond acceptors (Lipinski definition) is 3. The van der Waals surface area contributed by atoms with Crippen molar-refractivity contribution in [2.75, 3.05) is 13.2 Å². The molecule has 0 aliphatic rings. The van der Waals surface area contributed by atoms with E-state index in [0.717, 1.165) is 11.3 Å². The fourth-order valence-corrected chi connectivity index (χ4v) is 2.46. The summed E-state index contributed by atoms with van der Waals surface area (Å²) in [6.07, 6.45) is 0. The van der Waals surface area contributed by atoms with Gasteiger partial charge < -0.3 is 14.9 Å². The van der Waals surface area contributed by atoms with Gasteiger partial charge in [0.05, 0.1) is 6.61 Å². The first-order valence-corrected chi connectivity index (χ1v) is 9.73. The van der Waals surface area contributed by atoms with Crippen LogP contribution in [0.15, 0.2) is 24.3 Å². The first-order valence-electron chi connectivity index (χ1n) is 6.82. The molecule has 0 amide bonds. The third kappa shape index (κ3) is 4.97. The molecule has 1 aromatic carbocycles. The van der Waals surface area contributed by atoms with Crippen molar-refractivity contribution in [1.82, 2.24) is 0 Å². The maximum Gasteiger partial charge on any atom is 0.192 e. The van der Waals surface area contributed by atoms with Gasteiger partial charge in [0.1, 0.15) is 12.4 Å². The van der Waals surface area contributed by atoms with E-state index >= 15 is 0 Å². The highest BCUT2D eigenvalue weighted by Crippen LogP contribution is 2.36. The van der Waals surface area contributed by atoms with Gasteiger partial charge in [-0.2, -0.15) is 0 Å². The minimum atomic E-state index is -1.66. The molecule has 2 N–H and O–H groups in total. The fraction of sp³-hybridized carbons (Fsp3) is 0.600. The summed E-state index contributed by atoms with van der Waals surface area (Å²) >= 11 is 0. The molecular weight excluding hydrogens is 254 g/mol. The molecule has 3 nitrogen and oxygen atoms in total. The smallest absolute Gasteiger partial charge is 0.192 e. The van der Waals surface area contributed by atoms with Crippen molar-refractivity contribution in [2.45, 2.75) is 45.4 Å². The molecule has 0 heterocycles. The molecule has 0 aromatic heterocycles. The Labute approximate surface area is 118 Å². The molecule has 0 unspecified atom stereocenters. The zero-order valence-electron chi connectivity index (χ0n) is 12.8. The molecule has 19 heavy (non-hydrogen) atoms. The maximum atomic E-state index is 6.06. The van der Waals surface area contributed by atoms with Crippen LogP contribution in [-0.4, -0.2) is 21.5 Å². The second-order valence-corrected chi connectivity index (χ2v) is 11.1. The van der Waals surface area contributed by atoms with Crippen LogP contribution in [0.1, 0.15) is 26.3 Å². The molecule has 0 atom stereocenters. The highest BCUT2D eigenvalue weighted by Gasteiger charge is 2.36. The van der Waals surface area contributed by atoms with Crippen LogP contribution in [0.3, 0.4) is 0 Å². The van der Waals surface area contributed by atoms with Crippen molar-refractivity contribution in [1.29, 1.82) is 0 Å². The van der Waals surface area contributed by atoms with Crippen LogP contribution in [0.4, 0.5) is 0 Å². The summed E-state index contributed by atoms with van der Waals surface area (Å²) in [5.74, 6) is 0.863. The van der Waals surface area contributed by atoms with E-state index in [1.165, 1.54) is 0 Å². The Morgan fingerprint density at radius 3 is 2.42 bits per heavy atom. The Morgan fingerprint density at radius 1 is 1.16 bits per heavy atom. The lowest BCUT2D eigenvalue weighted by molar-refractivity contribution is 0.203. The van der Waals surface area contributed by atoms with Gasteiger partial charge in [0, 0.05) is 6.54 Å². The normalized spacial score (nSPS) is 12.5. The minimum absolute atomic E-state index is 0.243. The lowest BCUT2D eigenvalue weighted by Gasteiger charge is -2.36. The van der Waals surface area contributed by atoms with Crippen LogP contribution in [0, 0.1) is 0 Å². The fourth-order valence-electron chi connectivity index (χ4n) is 1.44. The zero-order chi connectivity index (χ0) is 14.5. The van der Waals surface area contributed by atoms with Gasteiger partial charge in [-0.3, -0.25) is 0 Å². The Kier molecular flexibility index (Phi) is 5.59. The lowest BCUT2D eigenvalue weighted by atomic mass is 10.2. The van der Waals surface area contributed by atoms with Crippen LogP contribution >= 0.6 is 0 Å². The van der Waals surface area contributed by atoms with Gasteiger partial charge in [0.2, 0.25) is 0 Å². The second kappa shape index (κ2) is 6.55. The van der Waals surface area contributed by atoms with E-state index in [1.807, 2.05) is 24.3 Å². The number of rotatable bonds is 6. The molecule has 1 aromatic rings. The summed E-state index contributed by atoms with van der Waals surface area (Å²) in [5, 5.41) is 0.243. The molecule has 4 heteroatoms. The SMILES string of the molecule is CC(C)(C)[Si](C)(C)OCCOc1cccc(CN)c1. The van der Waals surface area contributed by atoms with E-state index in [9.17, 15) is 0 Å². The summed E-state index contributed by atoms with van der Waals surface area (Å²) in [4.78, 5) is 0. The summed E-state index contributed by atoms with van der Waals surface area (Å²) in [7, 11) is -1.66. The van der Waals surface area contributed by atoms with E-state index in [0.29, 0.717) is 19.8 Å². The van der Waals surface area contributed by atoms with E-state index in [2.05, 4.69) is 33.9 Å². The number of nitrogens with two attached hydrogens (primary N) is 1. The van der Waals surface area contributed by atoms with E-state index < -0.39 is 8.32 Å². The van der Waals surface area contributed by atoms with Crippen molar-refractivity contribution in [3.05, 3.63) is 29.8 Å². The highest BCUT2D eigenvalue weighted by atomic mass is 28.4. The quantitative estimate of drug-likeness (QED) is 0.640. The zero-order valence-corrected chi connectivity index (χ0v) is 13.8. The van der Waals surface area contributed by atoms with E-state index in [4.69, 9.17) is 14.9 Å². The van der Waals surface area contributed by atoms with Gasteiger partial charge in [-0.15, -0.1) is 0 Å². The van der Waals surface area contributed by atoms with Gasteiger partial charge in [-0.1, -0.05) is 32.9 Å². The molecule has 0 fully saturated rings. The molecule has 0 aliphatic carbocycles. The first kappa shape index (κ1) is 16.2. The first-order chi connectivity index (χ1) is 8.76. The van der Waals surface area contributed by atoms with Crippen molar-refractivity contribution in [3.8, 4) is 5.75 Å². The third-order valence-electron chi connectivity index (χ3n) is 3.76. The van der Waals surface area contributed by atoms with Crippen LogP contribution in [0.25, 0.3) is 0 Å². The molecule has 0 aliphatic heterocycles. The van der Waals surface area contributed by atoms with Crippen LogP contribution < -0.4 is 10.5 Å². The average Bonchev–Trinajstić information content (AvgIpc) is 2.33. The molecule has 0 saturated heterocycles. The Balaban J connectivity index is 2.39. The molecule has 1 rings (SSSR count). The van der Waals surface area contributed by atoms with Crippen LogP contribution in [-0.2, 0) is 11.0 Å². The molecule has 0 spiro atoms. The van der Waals surface area contributed by atoms with Crippen molar-refractivity contribution >= 4 is 8.32 Å². The van der Waals surface area contributed by atoms with Crippen molar-refractivity contribution < 1.29 is 9.16 Å². The molecule has 0 bridgehead atoms. The lowest BCUT2D eigenvalue weighted by Crippen LogP contribution is -2.41. The van der Waals surface area contributed by atoms with Gasteiger partial charge >= 0.3 is 0 Å². The summed E-state index contributed by atoms with van der Waals surface area (Å²) in [6.45, 7) is 13.0. The Hall–Kier alpha value is -0.843. The van der Waals surface area contributed by atoms with E-state index in [-0.39, 0.29) is 5.04 Å². The minimum Gasteiger partial charge on any atom is -0.491 e. The Morgan fingerprint density at radius 2 is 1.84 bits per heavy atom.